The number of carbonyl (C=O) groups excluding carboxylic acids is 2. The third kappa shape index (κ3) is 6.25. The number of nitrogens with one attached hydrogen (secondary N) is 3. The number of methoxy groups -OCH3 is 1. The lowest BCUT2D eigenvalue weighted by molar-refractivity contribution is -0.118. The van der Waals surface area contributed by atoms with Gasteiger partial charge >= 0.3 is 0 Å². The Labute approximate surface area is 206 Å². The number of benzene rings is 2. The number of hydrogen-bond donors (Lipinski definition) is 3. The molecule has 1 heterocycles. The van der Waals surface area contributed by atoms with Crippen LogP contribution < -0.4 is 20.7 Å². The third-order valence-electron chi connectivity index (χ3n) is 4.50. The molecule has 0 aliphatic heterocycles. The van der Waals surface area contributed by atoms with Crippen LogP contribution >= 0.6 is 35.4 Å². The fourth-order valence-electron chi connectivity index (χ4n) is 2.74. The van der Waals surface area contributed by atoms with E-state index in [-0.39, 0.29) is 22.7 Å². The number of hydrogen-bond acceptors (Lipinski definition) is 5. The van der Waals surface area contributed by atoms with E-state index in [1.165, 1.54) is 13.2 Å². The highest BCUT2D eigenvalue weighted by molar-refractivity contribution is 7.80. The molecule has 0 saturated carbocycles. The Morgan fingerprint density at radius 1 is 1.00 bits per heavy atom. The van der Waals surface area contributed by atoms with Crippen molar-refractivity contribution in [3.8, 4) is 17.1 Å². The van der Waals surface area contributed by atoms with E-state index < -0.39 is 5.91 Å². The smallest absolute Gasteiger partial charge is 0.293 e. The van der Waals surface area contributed by atoms with Crippen LogP contribution in [0.4, 0.5) is 11.4 Å². The maximum atomic E-state index is 12.5. The highest BCUT2D eigenvalue weighted by atomic mass is 35.5. The van der Waals surface area contributed by atoms with Crippen LogP contribution in [0.5, 0.6) is 5.75 Å². The Hall–Kier alpha value is -3.07. The predicted octanol–water partition coefficient (Wildman–Crippen LogP) is 5.98. The van der Waals surface area contributed by atoms with E-state index >= 15 is 0 Å². The largest absolute Gasteiger partial charge is 0.494 e. The summed E-state index contributed by atoms with van der Waals surface area (Å²) in [5.74, 6) is 0.155. The van der Waals surface area contributed by atoms with Crippen molar-refractivity contribution in [3.63, 3.8) is 0 Å². The fourth-order valence-corrected chi connectivity index (χ4v) is 3.25. The number of furan rings is 1. The van der Waals surface area contributed by atoms with Crippen LogP contribution in [0.2, 0.25) is 10.0 Å². The first-order valence-corrected chi connectivity index (χ1v) is 11.0. The van der Waals surface area contributed by atoms with Crippen LogP contribution in [0.25, 0.3) is 11.3 Å². The predicted molar refractivity (Wildman–Crippen MR) is 134 cm³/mol. The SMILES string of the molecule is COc1cc(NC(=S)NC(=O)c2ccc(-c3ccc(Cl)c(Cl)c3)o2)ccc1NC(=O)C(C)C. The monoisotopic (exact) mass is 505 g/mol. The third-order valence-corrected chi connectivity index (χ3v) is 5.45. The molecule has 0 aliphatic rings. The molecule has 0 saturated heterocycles. The number of carbonyl (C=O) groups is 2. The first kappa shape index (κ1) is 24.6. The summed E-state index contributed by atoms with van der Waals surface area (Å²) in [5, 5.41) is 9.13. The molecule has 1 aromatic heterocycles. The summed E-state index contributed by atoms with van der Waals surface area (Å²) in [7, 11) is 1.49. The summed E-state index contributed by atoms with van der Waals surface area (Å²) < 4.78 is 11.0. The number of thiocarbonyl (C=S) groups is 1. The normalized spacial score (nSPS) is 10.6. The topological polar surface area (TPSA) is 92.6 Å². The minimum atomic E-state index is -0.522. The van der Waals surface area contributed by atoms with E-state index in [9.17, 15) is 9.59 Å². The molecule has 3 aromatic rings. The molecule has 2 amide bonds. The molecular weight excluding hydrogens is 485 g/mol. The van der Waals surface area contributed by atoms with Crippen LogP contribution in [0.1, 0.15) is 24.4 Å². The number of halogens is 2. The van der Waals surface area contributed by atoms with Crippen molar-refractivity contribution in [1.29, 1.82) is 0 Å². The van der Waals surface area contributed by atoms with E-state index in [0.717, 1.165) is 0 Å². The minimum Gasteiger partial charge on any atom is -0.494 e. The van der Waals surface area contributed by atoms with Crippen LogP contribution in [0, 0.1) is 5.92 Å². The van der Waals surface area contributed by atoms with Gasteiger partial charge in [0.05, 0.1) is 22.8 Å². The molecule has 2 aromatic carbocycles. The molecule has 0 radical (unpaired) electrons. The van der Waals surface area contributed by atoms with E-state index in [2.05, 4.69) is 16.0 Å². The molecule has 7 nitrogen and oxygen atoms in total. The van der Waals surface area contributed by atoms with Crippen LogP contribution in [0.15, 0.2) is 52.9 Å². The second-order valence-electron chi connectivity index (χ2n) is 7.26. The average Bonchev–Trinajstić information content (AvgIpc) is 3.27. The summed E-state index contributed by atoms with van der Waals surface area (Å²) in [5.41, 5.74) is 1.78. The van der Waals surface area contributed by atoms with Crippen molar-refractivity contribution in [3.05, 3.63) is 64.3 Å². The highest BCUT2D eigenvalue weighted by Crippen LogP contribution is 2.30. The summed E-state index contributed by atoms with van der Waals surface area (Å²) in [6.07, 6.45) is 0. The van der Waals surface area contributed by atoms with Crippen molar-refractivity contribution < 1.29 is 18.7 Å². The summed E-state index contributed by atoms with van der Waals surface area (Å²) >= 11 is 17.2. The molecule has 3 N–H and O–H groups in total. The van der Waals surface area contributed by atoms with Crippen molar-refractivity contribution in [2.75, 3.05) is 17.7 Å². The van der Waals surface area contributed by atoms with Crippen molar-refractivity contribution in [1.82, 2.24) is 5.32 Å². The Morgan fingerprint density at radius 2 is 1.76 bits per heavy atom. The first-order chi connectivity index (χ1) is 15.7. The molecule has 0 atom stereocenters. The fraction of sp³-hybridized carbons (Fsp3) is 0.174. The average molecular weight is 506 g/mol. The maximum Gasteiger partial charge on any atom is 0.293 e. The lowest BCUT2D eigenvalue weighted by atomic mass is 10.2. The van der Waals surface area contributed by atoms with Crippen LogP contribution in [0.3, 0.4) is 0 Å². The maximum absolute atomic E-state index is 12.5. The standard InChI is InChI=1S/C23H21Cl2N3O4S/c1-12(2)21(29)27-17-7-5-14(11-20(17)31-3)26-23(33)28-22(30)19-9-8-18(32-19)13-4-6-15(24)16(25)10-13/h4-12H,1-3H3,(H,27,29)(H2,26,28,30,33). The molecule has 0 spiro atoms. The van der Waals surface area contributed by atoms with Gasteiger partial charge < -0.3 is 19.8 Å². The lowest BCUT2D eigenvalue weighted by Crippen LogP contribution is -2.33. The van der Waals surface area contributed by atoms with Gasteiger partial charge in [0.15, 0.2) is 10.9 Å². The molecule has 0 unspecified atom stereocenters. The van der Waals surface area contributed by atoms with Gasteiger partial charge in [-0.15, -0.1) is 0 Å². The molecule has 10 heteroatoms. The quantitative estimate of drug-likeness (QED) is 0.356. The lowest BCUT2D eigenvalue weighted by Gasteiger charge is -2.14. The molecule has 33 heavy (non-hydrogen) atoms. The van der Waals surface area contributed by atoms with E-state index in [1.54, 1.807) is 56.3 Å². The summed E-state index contributed by atoms with van der Waals surface area (Å²) in [4.78, 5) is 24.5. The molecule has 0 bridgehead atoms. The van der Waals surface area contributed by atoms with Gasteiger partial charge in [0.1, 0.15) is 11.5 Å². The Morgan fingerprint density at radius 3 is 2.42 bits per heavy atom. The van der Waals surface area contributed by atoms with Crippen molar-refractivity contribution >= 4 is 63.7 Å². The van der Waals surface area contributed by atoms with Gasteiger partial charge in [0.2, 0.25) is 5.91 Å². The van der Waals surface area contributed by atoms with Gasteiger partial charge in [-0.05, 0) is 54.7 Å². The molecule has 172 valence electrons. The van der Waals surface area contributed by atoms with Crippen molar-refractivity contribution in [2.45, 2.75) is 13.8 Å². The first-order valence-electron chi connectivity index (χ1n) is 9.84. The van der Waals surface area contributed by atoms with Crippen molar-refractivity contribution in [2.24, 2.45) is 5.92 Å². The Kier molecular flexibility index (Phi) is 7.97. The Balaban J connectivity index is 1.65. The zero-order valence-corrected chi connectivity index (χ0v) is 20.3. The number of ether oxygens (including phenoxy) is 1. The number of amides is 2. The highest BCUT2D eigenvalue weighted by Gasteiger charge is 2.16. The molecule has 0 aliphatic carbocycles. The van der Waals surface area contributed by atoms with E-state index in [1.807, 2.05) is 0 Å². The van der Waals surface area contributed by atoms with E-state index in [4.69, 9.17) is 44.6 Å². The zero-order chi connectivity index (χ0) is 24.1. The van der Waals surface area contributed by atoms with Gasteiger partial charge in [0, 0.05) is 23.2 Å². The number of anilines is 2. The van der Waals surface area contributed by atoms with Gasteiger partial charge in [-0.2, -0.15) is 0 Å². The Bertz CT molecular complexity index is 1210. The van der Waals surface area contributed by atoms with Gasteiger partial charge in [0.25, 0.3) is 5.91 Å². The minimum absolute atomic E-state index is 0.0634. The summed E-state index contributed by atoms with van der Waals surface area (Å²) in [6, 6.07) is 13.3. The van der Waals surface area contributed by atoms with Gasteiger partial charge in [-0.1, -0.05) is 37.0 Å². The van der Waals surface area contributed by atoms with Crippen LogP contribution in [-0.4, -0.2) is 24.0 Å². The van der Waals surface area contributed by atoms with E-state index in [0.29, 0.717) is 38.5 Å². The second-order valence-corrected chi connectivity index (χ2v) is 8.48. The number of rotatable bonds is 6. The summed E-state index contributed by atoms with van der Waals surface area (Å²) in [6.45, 7) is 3.59. The van der Waals surface area contributed by atoms with Gasteiger partial charge in [-0.3, -0.25) is 14.9 Å². The molecular formula is C23H21Cl2N3O4S. The molecule has 0 fully saturated rings. The zero-order valence-electron chi connectivity index (χ0n) is 18.0. The van der Waals surface area contributed by atoms with Crippen LogP contribution in [-0.2, 0) is 4.79 Å². The second kappa shape index (κ2) is 10.7. The molecule has 3 rings (SSSR count). The van der Waals surface area contributed by atoms with Gasteiger partial charge in [-0.25, -0.2) is 0 Å².